The fraction of sp³-hybridized carbons (Fsp3) is 0.111. The number of aryl methyl sites for hydroxylation is 1. The Kier molecular flexibility index (Phi) is 2.58. The number of carbonyl (C=O) groups excluding carboxylic acids is 1. The summed E-state index contributed by atoms with van der Waals surface area (Å²) < 4.78 is 0. The number of carbonyl (C=O) groups is 1. The van der Waals surface area contributed by atoms with Crippen LogP contribution in [0.15, 0.2) is 12.1 Å². The van der Waals surface area contributed by atoms with Crippen molar-refractivity contribution in [2.24, 2.45) is 0 Å². The van der Waals surface area contributed by atoms with Crippen molar-refractivity contribution in [3.8, 4) is 6.07 Å². The molecule has 0 aromatic heterocycles. The van der Waals surface area contributed by atoms with Crippen molar-refractivity contribution in [3.63, 3.8) is 0 Å². The first-order valence-corrected chi connectivity index (χ1v) is 3.74. The lowest BCUT2D eigenvalue weighted by atomic mass is 10.0. The molecule has 0 heterocycles. The van der Waals surface area contributed by atoms with Gasteiger partial charge in [0.2, 0.25) is 0 Å². The molecule has 1 aromatic carbocycles. The first kappa shape index (κ1) is 9.86. The van der Waals surface area contributed by atoms with Crippen LogP contribution in [0.25, 0.3) is 0 Å². The molecule has 0 bridgehead atoms. The van der Waals surface area contributed by atoms with Crippen LogP contribution in [0, 0.1) is 28.4 Å². The number of nitro groups is 1. The lowest BCUT2D eigenvalue weighted by Gasteiger charge is -2.00. The molecule has 70 valence electrons. The van der Waals surface area contributed by atoms with Crippen LogP contribution in [0.3, 0.4) is 0 Å². The standard InChI is InChI=1S/C9H6N2O3/c1-6-2-7(4-10)3-9(11(13)14)8(6)5-12/h2-3,5H,1H3. The molecule has 0 fully saturated rings. The van der Waals surface area contributed by atoms with Gasteiger partial charge in [-0.3, -0.25) is 14.9 Å². The van der Waals surface area contributed by atoms with Crippen LogP contribution >= 0.6 is 0 Å². The zero-order valence-corrected chi connectivity index (χ0v) is 7.35. The topological polar surface area (TPSA) is 84.0 Å². The minimum atomic E-state index is -0.669. The van der Waals surface area contributed by atoms with Crippen LogP contribution in [-0.4, -0.2) is 11.2 Å². The van der Waals surface area contributed by atoms with Crippen LogP contribution in [-0.2, 0) is 0 Å². The zero-order chi connectivity index (χ0) is 10.7. The summed E-state index contributed by atoms with van der Waals surface area (Å²) in [5.74, 6) is 0. The highest BCUT2D eigenvalue weighted by Gasteiger charge is 2.16. The van der Waals surface area contributed by atoms with Gasteiger partial charge in [0.25, 0.3) is 5.69 Å². The summed E-state index contributed by atoms with van der Waals surface area (Å²) in [7, 11) is 0. The summed E-state index contributed by atoms with van der Waals surface area (Å²) in [6.45, 7) is 1.55. The van der Waals surface area contributed by atoms with Crippen molar-refractivity contribution in [1.29, 1.82) is 5.26 Å². The lowest BCUT2D eigenvalue weighted by Crippen LogP contribution is -1.98. The normalized spacial score (nSPS) is 9.14. The van der Waals surface area contributed by atoms with E-state index in [1.807, 2.05) is 0 Å². The number of hydrogen-bond donors (Lipinski definition) is 0. The van der Waals surface area contributed by atoms with Crippen molar-refractivity contribution in [2.45, 2.75) is 6.92 Å². The highest BCUT2D eigenvalue weighted by Crippen LogP contribution is 2.22. The molecule has 0 saturated carbocycles. The van der Waals surface area contributed by atoms with Gasteiger partial charge in [-0.2, -0.15) is 5.26 Å². The third-order valence-corrected chi connectivity index (χ3v) is 1.81. The van der Waals surface area contributed by atoms with Crippen LogP contribution < -0.4 is 0 Å². The molecule has 0 N–H and O–H groups in total. The smallest absolute Gasteiger partial charge is 0.281 e. The van der Waals surface area contributed by atoms with Crippen molar-refractivity contribution in [1.82, 2.24) is 0 Å². The van der Waals surface area contributed by atoms with Gasteiger partial charge < -0.3 is 0 Å². The Labute approximate surface area is 79.7 Å². The Morgan fingerprint density at radius 3 is 2.64 bits per heavy atom. The third-order valence-electron chi connectivity index (χ3n) is 1.81. The van der Waals surface area contributed by atoms with Gasteiger partial charge in [0.1, 0.15) is 0 Å². The summed E-state index contributed by atoms with van der Waals surface area (Å²) in [4.78, 5) is 20.4. The molecular formula is C9H6N2O3. The van der Waals surface area contributed by atoms with Gasteiger partial charge in [0, 0.05) is 6.07 Å². The van der Waals surface area contributed by atoms with Crippen molar-refractivity contribution in [3.05, 3.63) is 38.9 Å². The molecule has 0 atom stereocenters. The summed E-state index contributed by atoms with van der Waals surface area (Å²) in [6, 6.07) is 4.33. The fourth-order valence-corrected chi connectivity index (χ4v) is 1.15. The molecule has 0 aliphatic carbocycles. The molecular weight excluding hydrogens is 184 g/mol. The van der Waals surface area contributed by atoms with Gasteiger partial charge in [-0.05, 0) is 18.6 Å². The van der Waals surface area contributed by atoms with E-state index in [4.69, 9.17) is 5.26 Å². The molecule has 1 aromatic rings. The molecule has 0 aliphatic rings. The number of nitro benzene ring substituents is 1. The van der Waals surface area contributed by atoms with E-state index in [1.54, 1.807) is 13.0 Å². The first-order chi connectivity index (χ1) is 6.60. The average Bonchev–Trinajstić information content (AvgIpc) is 2.16. The maximum absolute atomic E-state index is 10.6. The molecule has 0 unspecified atom stereocenters. The zero-order valence-electron chi connectivity index (χ0n) is 7.35. The Morgan fingerprint density at radius 2 is 2.21 bits per heavy atom. The van der Waals surface area contributed by atoms with E-state index in [9.17, 15) is 14.9 Å². The number of hydrogen-bond acceptors (Lipinski definition) is 4. The predicted molar refractivity (Wildman–Crippen MR) is 47.9 cm³/mol. The molecule has 0 spiro atoms. The maximum Gasteiger partial charge on any atom is 0.281 e. The number of nitriles is 1. The SMILES string of the molecule is Cc1cc(C#N)cc([N+](=O)[O-])c1C=O. The van der Waals surface area contributed by atoms with E-state index in [0.29, 0.717) is 11.8 Å². The predicted octanol–water partition coefficient (Wildman–Crippen LogP) is 1.59. The number of rotatable bonds is 2. The number of nitrogens with zero attached hydrogens (tertiary/aromatic N) is 2. The second kappa shape index (κ2) is 3.66. The second-order valence-electron chi connectivity index (χ2n) is 2.71. The quantitative estimate of drug-likeness (QED) is 0.402. The summed E-state index contributed by atoms with van der Waals surface area (Å²) in [6.07, 6.45) is 0.425. The molecule has 14 heavy (non-hydrogen) atoms. The van der Waals surface area contributed by atoms with Crippen molar-refractivity contribution < 1.29 is 9.72 Å². The molecule has 5 heteroatoms. The van der Waals surface area contributed by atoms with Gasteiger partial charge in [-0.25, -0.2) is 0 Å². The van der Waals surface area contributed by atoms with Crippen LogP contribution in [0.4, 0.5) is 5.69 Å². The van der Waals surface area contributed by atoms with Gasteiger partial charge in [-0.15, -0.1) is 0 Å². The highest BCUT2D eigenvalue weighted by molar-refractivity contribution is 5.84. The minimum Gasteiger partial charge on any atom is -0.298 e. The van der Waals surface area contributed by atoms with Gasteiger partial charge in [0.15, 0.2) is 6.29 Å². The van der Waals surface area contributed by atoms with Gasteiger partial charge in [0.05, 0.1) is 22.1 Å². The molecule has 0 amide bonds. The van der Waals surface area contributed by atoms with Crippen LogP contribution in [0.2, 0.25) is 0 Å². The second-order valence-corrected chi connectivity index (χ2v) is 2.71. The molecule has 0 aliphatic heterocycles. The molecule has 1 rings (SSSR count). The van der Waals surface area contributed by atoms with Gasteiger partial charge in [-0.1, -0.05) is 0 Å². The summed E-state index contributed by atoms with van der Waals surface area (Å²) in [5, 5.41) is 19.1. The van der Waals surface area contributed by atoms with Crippen molar-refractivity contribution in [2.75, 3.05) is 0 Å². The van der Waals surface area contributed by atoms with Crippen LogP contribution in [0.1, 0.15) is 21.5 Å². The lowest BCUT2D eigenvalue weighted by molar-refractivity contribution is -0.385. The Bertz CT molecular complexity index is 446. The Hall–Kier alpha value is -2.22. The van der Waals surface area contributed by atoms with E-state index in [2.05, 4.69) is 0 Å². The highest BCUT2D eigenvalue weighted by atomic mass is 16.6. The van der Waals surface area contributed by atoms with E-state index >= 15 is 0 Å². The number of benzene rings is 1. The van der Waals surface area contributed by atoms with Crippen LogP contribution in [0.5, 0.6) is 0 Å². The van der Waals surface area contributed by atoms with Gasteiger partial charge >= 0.3 is 0 Å². The fourth-order valence-electron chi connectivity index (χ4n) is 1.15. The molecule has 0 saturated heterocycles. The summed E-state index contributed by atoms with van der Waals surface area (Å²) in [5.41, 5.74) is 0.316. The van der Waals surface area contributed by atoms with E-state index in [0.717, 1.165) is 6.07 Å². The Balaban J connectivity index is 3.53. The molecule has 5 nitrogen and oxygen atoms in total. The maximum atomic E-state index is 10.6. The summed E-state index contributed by atoms with van der Waals surface area (Å²) >= 11 is 0. The van der Waals surface area contributed by atoms with E-state index < -0.39 is 4.92 Å². The minimum absolute atomic E-state index is 0.0222. The average molecular weight is 190 g/mol. The number of aldehydes is 1. The Morgan fingerprint density at radius 1 is 1.57 bits per heavy atom. The van der Waals surface area contributed by atoms with E-state index in [-0.39, 0.29) is 16.8 Å². The third kappa shape index (κ3) is 1.59. The first-order valence-electron chi connectivity index (χ1n) is 3.74. The monoisotopic (exact) mass is 190 g/mol. The van der Waals surface area contributed by atoms with E-state index in [1.165, 1.54) is 6.07 Å². The largest absolute Gasteiger partial charge is 0.298 e. The van der Waals surface area contributed by atoms with Crippen molar-refractivity contribution >= 4 is 12.0 Å². The molecule has 0 radical (unpaired) electrons.